The Balaban J connectivity index is 1.96. The fourth-order valence-corrected chi connectivity index (χ4v) is 2.72. The third-order valence-electron chi connectivity index (χ3n) is 3.74. The molecular formula is C16H22N2O4. The normalized spacial score (nSPS) is 19.7. The molecule has 0 bridgehead atoms. The first kappa shape index (κ1) is 16.5. The standard InChI is InChI=1S/C16H22N2O4/c1-12-3-2-4-13(7-12)8-15(20)18-6-5-17(11-16(21)22)9-14(19)10-18/h2-4,7,14,19H,5-6,8-11H2,1H3,(H,21,22)/t14-/m1/s1. The Kier molecular flexibility index (Phi) is 5.51. The SMILES string of the molecule is Cc1cccc(CC(=O)N2CCN(CC(=O)O)C[C@@H](O)C2)c1. The quantitative estimate of drug-likeness (QED) is 0.826. The monoisotopic (exact) mass is 306 g/mol. The van der Waals surface area contributed by atoms with Gasteiger partial charge in [0.15, 0.2) is 0 Å². The highest BCUT2D eigenvalue weighted by Crippen LogP contribution is 2.09. The number of amides is 1. The molecule has 6 nitrogen and oxygen atoms in total. The number of aryl methyl sites for hydroxylation is 1. The molecule has 6 heteroatoms. The van der Waals surface area contributed by atoms with Gasteiger partial charge in [0, 0.05) is 26.2 Å². The zero-order valence-electron chi connectivity index (χ0n) is 12.7. The van der Waals surface area contributed by atoms with Gasteiger partial charge >= 0.3 is 5.97 Å². The van der Waals surface area contributed by atoms with Crippen LogP contribution in [0.15, 0.2) is 24.3 Å². The highest BCUT2D eigenvalue weighted by atomic mass is 16.4. The lowest BCUT2D eigenvalue weighted by atomic mass is 10.1. The number of carboxylic acids is 1. The van der Waals surface area contributed by atoms with E-state index in [-0.39, 0.29) is 25.5 Å². The van der Waals surface area contributed by atoms with Gasteiger partial charge in [0.25, 0.3) is 0 Å². The van der Waals surface area contributed by atoms with Crippen molar-refractivity contribution in [3.8, 4) is 0 Å². The lowest BCUT2D eigenvalue weighted by Crippen LogP contribution is -2.38. The minimum atomic E-state index is -0.924. The first-order valence-electron chi connectivity index (χ1n) is 7.39. The van der Waals surface area contributed by atoms with Crippen molar-refractivity contribution in [1.29, 1.82) is 0 Å². The molecule has 0 spiro atoms. The third-order valence-corrected chi connectivity index (χ3v) is 3.74. The van der Waals surface area contributed by atoms with Gasteiger partial charge in [0.1, 0.15) is 0 Å². The van der Waals surface area contributed by atoms with E-state index in [0.717, 1.165) is 11.1 Å². The molecule has 120 valence electrons. The van der Waals surface area contributed by atoms with E-state index in [1.165, 1.54) is 0 Å². The van der Waals surface area contributed by atoms with Crippen LogP contribution >= 0.6 is 0 Å². The summed E-state index contributed by atoms with van der Waals surface area (Å²) in [6.45, 7) is 3.30. The van der Waals surface area contributed by atoms with Crippen LogP contribution in [-0.2, 0) is 16.0 Å². The molecule has 1 aromatic rings. The molecule has 0 saturated carbocycles. The van der Waals surface area contributed by atoms with Gasteiger partial charge in [-0.1, -0.05) is 29.8 Å². The third kappa shape index (κ3) is 4.82. The number of hydrogen-bond acceptors (Lipinski definition) is 4. The molecule has 1 heterocycles. The van der Waals surface area contributed by atoms with Crippen molar-refractivity contribution in [2.75, 3.05) is 32.7 Å². The van der Waals surface area contributed by atoms with E-state index in [1.807, 2.05) is 31.2 Å². The molecule has 1 aromatic carbocycles. The maximum Gasteiger partial charge on any atom is 0.317 e. The number of aliphatic hydroxyl groups excluding tert-OH is 1. The number of carbonyl (C=O) groups is 2. The average Bonchev–Trinajstić information content (AvgIpc) is 2.59. The van der Waals surface area contributed by atoms with Gasteiger partial charge in [-0.05, 0) is 12.5 Å². The van der Waals surface area contributed by atoms with Crippen molar-refractivity contribution in [1.82, 2.24) is 9.80 Å². The van der Waals surface area contributed by atoms with E-state index in [9.17, 15) is 14.7 Å². The van der Waals surface area contributed by atoms with E-state index in [4.69, 9.17) is 5.11 Å². The Morgan fingerprint density at radius 3 is 2.73 bits per heavy atom. The second-order valence-corrected chi connectivity index (χ2v) is 5.79. The largest absolute Gasteiger partial charge is 0.480 e. The van der Waals surface area contributed by atoms with Crippen molar-refractivity contribution in [2.24, 2.45) is 0 Å². The van der Waals surface area contributed by atoms with E-state index in [0.29, 0.717) is 19.5 Å². The summed E-state index contributed by atoms with van der Waals surface area (Å²) in [7, 11) is 0. The summed E-state index contributed by atoms with van der Waals surface area (Å²) in [4.78, 5) is 26.4. The van der Waals surface area contributed by atoms with Crippen molar-refractivity contribution in [2.45, 2.75) is 19.4 Å². The van der Waals surface area contributed by atoms with Crippen molar-refractivity contribution < 1.29 is 19.8 Å². The minimum Gasteiger partial charge on any atom is -0.480 e. The topological polar surface area (TPSA) is 81.1 Å². The van der Waals surface area contributed by atoms with Crippen LogP contribution in [0, 0.1) is 6.92 Å². The summed E-state index contributed by atoms with van der Waals surface area (Å²) < 4.78 is 0. The fraction of sp³-hybridized carbons (Fsp3) is 0.500. The van der Waals surface area contributed by atoms with Crippen LogP contribution in [-0.4, -0.2) is 70.7 Å². The smallest absolute Gasteiger partial charge is 0.317 e. The minimum absolute atomic E-state index is 0.0400. The molecule has 0 aliphatic carbocycles. The van der Waals surface area contributed by atoms with Gasteiger partial charge in [-0.25, -0.2) is 0 Å². The van der Waals surface area contributed by atoms with Gasteiger partial charge in [-0.2, -0.15) is 0 Å². The average molecular weight is 306 g/mol. The highest BCUT2D eigenvalue weighted by molar-refractivity contribution is 5.79. The van der Waals surface area contributed by atoms with Crippen LogP contribution in [0.4, 0.5) is 0 Å². The number of hydrogen-bond donors (Lipinski definition) is 2. The predicted molar refractivity (Wildman–Crippen MR) is 81.5 cm³/mol. The number of rotatable bonds is 4. The summed E-state index contributed by atoms with van der Waals surface area (Å²) in [5.41, 5.74) is 2.06. The van der Waals surface area contributed by atoms with E-state index >= 15 is 0 Å². The second kappa shape index (κ2) is 7.38. The first-order chi connectivity index (χ1) is 10.4. The van der Waals surface area contributed by atoms with Gasteiger partial charge < -0.3 is 15.1 Å². The summed E-state index contributed by atoms with van der Waals surface area (Å²) in [6, 6.07) is 7.79. The molecule has 2 N–H and O–H groups in total. The molecule has 0 unspecified atom stereocenters. The molecular weight excluding hydrogens is 284 g/mol. The number of carbonyl (C=O) groups excluding carboxylic acids is 1. The van der Waals surface area contributed by atoms with E-state index in [2.05, 4.69) is 0 Å². The van der Waals surface area contributed by atoms with Crippen molar-refractivity contribution in [3.05, 3.63) is 35.4 Å². The van der Waals surface area contributed by atoms with E-state index in [1.54, 1.807) is 9.80 Å². The molecule has 1 fully saturated rings. The zero-order valence-corrected chi connectivity index (χ0v) is 12.7. The molecule has 0 aromatic heterocycles. The van der Waals surface area contributed by atoms with Crippen LogP contribution in [0.2, 0.25) is 0 Å². The van der Waals surface area contributed by atoms with Crippen LogP contribution in [0.25, 0.3) is 0 Å². The molecule has 1 aliphatic heterocycles. The lowest BCUT2D eigenvalue weighted by Gasteiger charge is -2.22. The van der Waals surface area contributed by atoms with Gasteiger partial charge in [-0.15, -0.1) is 0 Å². The fourth-order valence-electron chi connectivity index (χ4n) is 2.72. The molecule has 2 rings (SSSR count). The molecule has 1 saturated heterocycles. The molecule has 22 heavy (non-hydrogen) atoms. The second-order valence-electron chi connectivity index (χ2n) is 5.79. The Morgan fingerprint density at radius 1 is 1.27 bits per heavy atom. The number of carboxylic acid groups (broad SMARTS) is 1. The summed E-state index contributed by atoms with van der Waals surface area (Å²) in [5.74, 6) is -0.964. The van der Waals surface area contributed by atoms with Gasteiger partial charge in [0.2, 0.25) is 5.91 Å². The van der Waals surface area contributed by atoms with Crippen molar-refractivity contribution >= 4 is 11.9 Å². The summed E-state index contributed by atoms with van der Waals surface area (Å²) >= 11 is 0. The zero-order chi connectivity index (χ0) is 16.1. The van der Waals surface area contributed by atoms with Gasteiger partial charge in [-0.3, -0.25) is 14.5 Å². The maximum atomic E-state index is 12.4. The number of benzene rings is 1. The van der Waals surface area contributed by atoms with Crippen LogP contribution in [0.5, 0.6) is 0 Å². The number of β-amino-alcohol motifs (C(OH)–C–C–N with tert-alkyl or cyclic N) is 1. The Bertz CT molecular complexity index is 547. The number of aliphatic hydroxyl groups is 1. The molecule has 0 radical (unpaired) electrons. The number of aliphatic carboxylic acids is 1. The Hall–Kier alpha value is -1.92. The summed E-state index contributed by atoms with van der Waals surface area (Å²) in [5, 5.41) is 18.8. The molecule has 1 aliphatic rings. The molecule has 1 atom stereocenters. The van der Waals surface area contributed by atoms with Crippen LogP contribution in [0.3, 0.4) is 0 Å². The van der Waals surface area contributed by atoms with E-state index < -0.39 is 12.1 Å². The lowest BCUT2D eigenvalue weighted by molar-refractivity contribution is -0.138. The van der Waals surface area contributed by atoms with Crippen LogP contribution in [0.1, 0.15) is 11.1 Å². The predicted octanol–water partition coefficient (Wildman–Crippen LogP) is 0.127. The van der Waals surface area contributed by atoms with Gasteiger partial charge in [0.05, 0.1) is 19.1 Å². The van der Waals surface area contributed by atoms with Crippen LogP contribution < -0.4 is 0 Å². The highest BCUT2D eigenvalue weighted by Gasteiger charge is 2.25. The van der Waals surface area contributed by atoms with Crippen molar-refractivity contribution in [3.63, 3.8) is 0 Å². The molecule has 1 amide bonds. The number of nitrogens with zero attached hydrogens (tertiary/aromatic N) is 2. The summed E-state index contributed by atoms with van der Waals surface area (Å²) in [6.07, 6.45) is -0.420. The Morgan fingerprint density at radius 2 is 2.05 bits per heavy atom. The Labute approximate surface area is 130 Å². The first-order valence-corrected chi connectivity index (χ1v) is 7.39. The maximum absolute atomic E-state index is 12.4.